The summed E-state index contributed by atoms with van der Waals surface area (Å²) in [7, 11) is 0. The van der Waals surface area contributed by atoms with Crippen molar-refractivity contribution in [3.05, 3.63) is 38.2 Å². The van der Waals surface area contributed by atoms with Crippen molar-refractivity contribution in [1.82, 2.24) is 24.9 Å². The largest absolute Gasteiger partial charge is 0.389 e. The normalized spacial score (nSPS) is 10.8. The third kappa shape index (κ3) is 4.63. The van der Waals surface area contributed by atoms with Gasteiger partial charge in [0.15, 0.2) is 0 Å². The molecular weight excluding hydrogens is 380 g/mol. The van der Waals surface area contributed by atoms with Crippen LogP contribution in [0.2, 0.25) is 0 Å². The van der Waals surface area contributed by atoms with E-state index in [1.807, 2.05) is 18.5 Å². The van der Waals surface area contributed by atoms with Crippen LogP contribution in [0.5, 0.6) is 0 Å². The average Bonchev–Trinajstić information content (AvgIpc) is 3.11. The zero-order valence-electron chi connectivity index (χ0n) is 13.5. The van der Waals surface area contributed by atoms with Crippen LogP contribution in [0, 0.1) is 24.0 Å². The molecule has 9 nitrogen and oxygen atoms in total. The van der Waals surface area contributed by atoms with Crippen LogP contribution in [0.25, 0.3) is 0 Å². The van der Waals surface area contributed by atoms with E-state index in [0.717, 1.165) is 28.8 Å². The van der Waals surface area contributed by atoms with E-state index in [1.165, 1.54) is 16.9 Å². The maximum Gasteiger partial charge on any atom is 0.389 e. The Morgan fingerprint density at radius 2 is 2.12 bits per heavy atom. The molecule has 2 heterocycles. The van der Waals surface area contributed by atoms with Gasteiger partial charge in [-0.25, -0.2) is 0 Å². The standard InChI is InChI=1S/C14H19BrN6O3/c1-10-14(15)11(2)20(17-10)7-3-6-16-13(22)5-9-19-8-4-12(18-19)21(23)24/h4,8H,3,5-7,9H2,1-2H3,(H,16,22). The van der Waals surface area contributed by atoms with E-state index >= 15 is 0 Å². The number of carbonyl (C=O) groups is 1. The topological polar surface area (TPSA) is 108 Å². The summed E-state index contributed by atoms with van der Waals surface area (Å²) in [6.07, 6.45) is 2.49. The number of hydrogen-bond donors (Lipinski definition) is 1. The van der Waals surface area contributed by atoms with Gasteiger partial charge < -0.3 is 15.4 Å². The number of rotatable bonds is 8. The molecule has 0 aliphatic heterocycles. The van der Waals surface area contributed by atoms with Gasteiger partial charge >= 0.3 is 5.82 Å². The Labute approximate surface area is 147 Å². The van der Waals surface area contributed by atoms with Crippen LogP contribution in [-0.2, 0) is 17.9 Å². The SMILES string of the molecule is Cc1nn(CCCNC(=O)CCn2ccc([N+](=O)[O-])n2)c(C)c1Br. The Hall–Kier alpha value is -2.23. The van der Waals surface area contributed by atoms with Crippen molar-refractivity contribution in [3.63, 3.8) is 0 Å². The molecule has 0 aromatic carbocycles. The smallest absolute Gasteiger partial charge is 0.358 e. The van der Waals surface area contributed by atoms with Crippen molar-refractivity contribution in [2.24, 2.45) is 0 Å². The first-order valence-electron chi connectivity index (χ1n) is 7.52. The molecular formula is C14H19BrN6O3. The van der Waals surface area contributed by atoms with Gasteiger partial charge in [-0.2, -0.15) is 9.78 Å². The summed E-state index contributed by atoms with van der Waals surface area (Å²) in [5.74, 6) is -0.325. The lowest BCUT2D eigenvalue weighted by molar-refractivity contribution is -0.389. The van der Waals surface area contributed by atoms with Gasteiger partial charge in [-0.3, -0.25) is 9.48 Å². The molecule has 0 saturated carbocycles. The van der Waals surface area contributed by atoms with Gasteiger partial charge in [-0.05, 0) is 41.1 Å². The van der Waals surface area contributed by atoms with Crippen molar-refractivity contribution >= 4 is 27.7 Å². The second-order valence-corrected chi connectivity index (χ2v) is 6.15. The van der Waals surface area contributed by atoms with Gasteiger partial charge in [0, 0.05) is 25.2 Å². The first kappa shape index (κ1) is 18.1. The molecule has 1 N–H and O–H groups in total. The Balaban J connectivity index is 1.67. The van der Waals surface area contributed by atoms with E-state index in [1.54, 1.807) is 0 Å². The summed E-state index contributed by atoms with van der Waals surface area (Å²) in [6.45, 7) is 5.52. The van der Waals surface area contributed by atoms with Crippen LogP contribution in [-0.4, -0.2) is 36.9 Å². The number of aromatic nitrogens is 4. The quantitative estimate of drug-likeness (QED) is 0.415. The molecule has 0 saturated heterocycles. The zero-order valence-corrected chi connectivity index (χ0v) is 15.1. The number of nitrogens with one attached hydrogen (secondary N) is 1. The highest BCUT2D eigenvalue weighted by molar-refractivity contribution is 9.10. The Kier molecular flexibility index (Phi) is 6.07. The monoisotopic (exact) mass is 398 g/mol. The summed E-state index contributed by atoms with van der Waals surface area (Å²) < 4.78 is 4.32. The minimum atomic E-state index is -0.562. The number of amides is 1. The van der Waals surface area contributed by atoms with Gasteiger partial charge in [-0.1, -0.05) is 0 Å². The number of nitrogens with zero attached hydrogens (tertiary/aromatic N) is 5. The number of carbonyl (C=O) groups excluding carboxylic acids is 1. The second-order valence-electron chi connectivity index (χ2n) is 5.36. The van der Waals surface area contributed by atoms with Crippen LogP contribution >= 0.6 is 15.9 Å². The number of aryl methyl sites for hydroxylation is 3. The minimum Gasteiger partial charge on any atom is -0.358 e. The van der Waals surface area contributed by atoms with E-state index in [9.17, 15) is 14.9 Å². The number of halogens is 1. The predicted molar refractivity (Wildman–Crippen MR) is 90.5 cm³/mol. The lowest BCUT2D eigenvalue weighted by atomic mass is 10.3. The molecule has 10 heteroatoms. The van der Waals surface area contributed by atoms with Crippen LogP contribution in [0.1, 0.15) is 24.2 Å². The van der Waals surface area contributed by atoms with E-state index in [2.05, 4.69) is 31.4 Å². The van der Waals surface area contributed by atoms with Gasteiger partial charge in [0.25, 0.3) is 0 Å². The molecule has 0 bridgehead atoms. The molecule has 130 valence electrons. The third-order valence-electron chi connectivity index (χ3n) is 3.54. The first-order chi connectivity index (χ1) is 11.4. The van der Waals surface area contributed by atoms with Gasteiger partial charge in [0.05, 0.1) is 34.1 Å². The highest BCUT2D eigenvalue weighted by Crippen LogP contribution is 2.19. The van der Waals surface area contributed by atoms with E-state index < -0.39 is 4.92 Å². The molecule has 0 aliphatic rings. The summed E-state index contributed by atoms with van der Waals surface area (Å²) in [6, 6.07) is 1.31. The Morgan fingerprint density at radius 3 is 2.71 bits per heavy atom. The average molecular weight is 399 g/mol. The van der Waals surface area contributed by atoms with Crippen molar-refractivity contribution in [2.75, 3.05) is 6.54 Å². The van der Waals surface area contributed by atoms with Crippen molar-refractivity contribution in [3.8, 4) is 0 Å². The van der Waals surface area contributed by atoms with Crippen molar-refractivity contribution < 1.29 is 9.72 Å². The van der Waals surface area contributed by atoms with Crippen LogP contribution in [0.3, 0.4) is 0 Å². The summed E-state index contributed by atoms with van der Waals surface area (Å²) in [4.78, 5) is 21.7. The van der Waals surface area contributed by atoms with Crippen molar-refractivity contribution in [1.29, 1.82) is 0 Å². The number of nitro groups is 1. The maximum absolute atomic E-state index is 11.8. The molecule has 24 heavy (non-hydrogen) atoms. The fourth-order valence-electron chi connectivity index (χ4n) is 2.23. The summed E-state index contributed by atoms with van der Waals surface area (Å²) >= 11 is 3.48. The molecule has 0 aliphatic carbocycles. The fraction of sp³-hybridized carbons (Fsp3) is 0.500. The van der Waals surface area contributed by atoms with Gasteiger partial charge in [0.2, 0.25) is 5.91 Å². The highest BCUT2D eigenvalue weighted by Gasteiger charge is 2.12. The van der Waals surface area contributed by atoms with E-state index in [4.69, 9.17) is 0 Å². The first-order valence-corrected chi connectivity index (χ1v) is 8.32. The van der Waals surface area contributed by atoms with Crippen LogP contribution < -0.4 is 5.32 Å². The fourth-order valence-corrected chi connectivity index (χ4v) is 2.51. The molecule has 0 atom stereocenters. The third-order valence-corrected chi connectivity index (χ3v) is 4.69. The second kappa shape index (κ2) is 8.04. The van der Waals surface area contributed by atoms with Gasteiger partial charge in [-0.15, -0.1) is 0 Å². The molecule has 2 aromatic rings. The summed E-state index contributed by atoms with van der Waals surface area (Å²) in [5.41, 5.74) is 2.02. The molecule has 0 unspecified atom stereocenters. The van der Waals surface area contributed by atoms with E-state index in [0.29, 0.717) is 13.1 Å². The Morgan fingerprint density at radius 1 is 1.38 bits per heavy atom. The lowest BCUT2D eigenvalue weighted by Gasteiger charge is -2.06. The molecule has 1 amide bonds. The molecule has 0 spiro atoms. The van der Waals surface area contributed by atoms with Crippen LogP contribution in [0.4, 0.5) is 5.82 Å². The van der Waals surface area contributed by atoms with E-state index in [-0.39, 0.29) is 18.1 Å². The minimum absolute atomic E-state index is 0.109. The molecule has 2 aromatic heterocycles. The van der Waals surface area contributed by atoms with Crippen LogP contribution in [0.15, 0.2) is 16.7 Å². The Bertz CT molecular complexity index is 739. The molecule has 2 rings (SSSR count). The molecule has 0 radical (unpaired) electrons. The highest BCUT2D eigenvalue weighted by atomic mass is 79.9. The lowest BCUT2D eigenvalue weighted by Crippen LogP contribution is -2.26. The van der Waals surface area contributed by atoms with Crippen molar-refractivity contribution in [2.45, 2.75) is 39.8 Å². The zero-order chi connectivity index (χ0) is 17.7. The summed E-state index contributed by atoms with van der Waals surface area (Å²) in [5, 5.41) is 21.5. The number of hydrogen-bond acceptors (Lipinski definition) is 5. The van der Waals surface area contributed by atoms with Gasteiger partial charge in [0.1, 0.15) is 0 Å². The maximum atomic E-state index is 11.8. The molecule has 0 fully saturated rings. The predicted octanol–water partition coefficient (Wildman–Crippen LogP) is 1.96.